The van der Waals surface area contributed by atoms with Crippen molar-refractivity contribution in [1.82, 2.24) is 4.57 Å². The van der Waals surface area contributed by atoms with Crippen LogP contribution in [-0.4, -0.2) is 17.6 Å². The molecule has 128 valence electrons. The molecule has 3 aromatic rings. The smallest absolute Gasteiger partial charge is 0.340 e. The minimum atomic E-state index is -0.432. The molecular formula is C21H22N2O2. The number of ether oxygens (including phenoxy) is 1. The molecule has 0 spiro atoms. The van der Waals surface area contributed by atoms with Crippen LogP contribution in [-0.2, 0) is 23.2 Å². The number of hydrogen-bond acceptors (Lipinski definition) is 3. The van der Waals surface area contributed by atoms with E-state index in [0.717, 1.165) is 40.6 Å². The Morgan fingerprint density at radius 2 is 1.96 bits per heavy atom. The second-order valence-electron chi connectivity index (χ2n) is 6.94. The Morgan fingerprint density at radius 3 is 2.68 bits per heavy atom. The molecule has 0 bridgehead atoms. The van der Waals surface area contributed by atoms with Crippen molar-refractivity contribution in [2.24, 2.45) is 5.73 Å². The molecule has 2 N–H and O–H groups in total. The van der Waals surface area contributed by atoms with Gasteiger partial charge in [0.25, 0.3) is 0 Å². The van der Waals surface area contributed by atoms with E-state index in [-0.39, 0.29) is 5.97 Å². The van der Waals surface area contributed by atoms with E-state index in [2.05, 4.69) is 34.9 Å². The molecule has 4 heteroatoms. The summed E-state index contributed by atoms with van der Waals surface area (Å²) in [5.41, 5.74) is 11.4. The Hall–Kier alpha value is -2.59. The van der Waals surface area contributed by atoms with Gasteiger partial charge >= 0.3 is 5.97 Å². The van der Waals surface area contributed by atoms with Crippen molar-refractivity contribution in [2.75, 3.05) is 7.11 Å². The number of aromatic nitrogens is 1. The molecule has 2 aromatic carbocycles. The van der Waals surface area contributed by atoms with Crippen molar-refractivity contribution < 1.29 is 9.53 Å². The third-order valence-electron chi connectivity index (χ3n) is 5.31. The fourth-order valence-corrected chi connectivity index (χ4v) is 4.00. The third-order valence-corrected chi connectivity index (χ3v) is 5.31. The summed E-state index contributed by atoms with van der Waals surface area (Å²) >= 11 is 0. The quantitative estimate of drug-likeness (QED) is 0.729. The molecule has 0 fully saturated rings. The normalized spacial score (nSPS) is 19.6. The molecule has 1 aliphatic rings. The van der Waals surface area contributed by atoms with E-state index in [4.69, 9.17) is 10.5 Å². The fourth-order valence-electron chi connectivity index (χ4n) is 4.00. The summed E-state index contributed by atoms with van der Waals surface area (Å²) in [5.74, 6) is -0.270. The number of benzene rings is 2. The van der Waals surface area contributed by atoms with E-state index in [1.807, 2.05) is 25.1 Å². The summed E-state index contributed by atoms with van der Waals surface area (Å²) in [5, 5.41) is 0.958. The first kappa shape index (κ1) is 15.9. The lowest BCUT2D eigenvalue weighted by Gasteiger charge is -2.36. The van der Waals surface area contributed by atoms with Gasteiger partial charge in [-0.15, -0.1) is 0 Å². The Bertz CT molecular complexity index is 959. The molecule has 0 aliphatic carbocycles. The highest BCUT2D eigenvalue weighted by atomic mass is 16.5. The van der Waals surface area contributed by atoms with Crippen LogP contribution in [0.2, 0.25) is 0 Å². The average molecular weight is 334 g/mol. The molecular weight excluding hydrogens is 312 g/mol. The summed E-state index contributed by atoms with van der Waals surface area (Å²) < 4.78 is 7.27. The molecule has 0 saturated heterocycles. The molecule has 2 heterocycles. The molecule has 1 unspecified atom stereocenters. The van der Waals surface area contributed by atoms with E-state index in [9.17, 15) is 4.79 Å². The zero-order valence-electron chi connectivity index (χ0n) is 14.6. The molecule has 0 saturated carbocycles. The summed E-state index contributed by atoms with van der Waals surface area (Å²) in [6.07, 6.45) is 1.56. The first-order valence-corrected chi connectivity index (χ1v) is 8.58. The number of aryl methyl sites for hydroxylation is 1. The van der Waals surface area contributed by atoms with Gasteiger partial charge in [0.2, 0.25) is 0 Å². The lowest BCUT2D eigenvalue weighted by Crippen LogP contribution is -2.44. The minimum Gasteiger partial charge on any atom is -0.465 e. The summed E-state index contributed by atoms with van der Waals surface area (Å²) in [7, 11) is 1.44. The molecule has 1 aromatic heterocycles. The first-order valence-electron chi connectivity index (χ1n) is 8.58. The van der Waals surface area contributed by atoms with Crippen LogP contribution in [0.5, 0.6) is 0 Å². The molecule has 0 radical (unpaired) electrons. The highest BCUT2D eigenvalue weighted by Crippen LogP contribution is 2.38. The zero-order valence-corrected chi connectivity index (χ0v) is 14.6. The van der Waals surface area contributed by atoms with Crippen molar-refractivity contribution in [2.45, 2.75) is 31.8 Å². The number of methoxy groups -OCH3 is 1. The van der Waals surface area contributed by atoms with Crippen molar-refractivity contribution in [3.63, 3.8) is 0 Å². The average Bonchev–Trinajstić information content (AvgIpc) is 2.94. The maximum absolute atomic E-state index is 12.4. The molecule has 4 nitrogen and oxygen atoms in total. The van der Waals surface area contributed by atoms with E-state index in [0.29, 0.717) is 12.1 Å². The highest BCUT2D eigenvalue weighted by molar-refractivity contribution is 6.06. The SMILES string of the molecule is COC(=O)c1c2n(c3ccc(C)cc13)CC(N)(c1ccccc1)CC2. The fraction of sp³-hybridized carbons (Fsp3) is 0.286. The van der Waals surface area contributed by atoms with Crippen molar-refractivity contribution in [3.05, 3.63) is 70.9 Å². The van der Waals surface area contributed by atoms with Gasteiger partial charge in [0.05, 0.1) is 18.2 Å². The number of rotatable bonds is 2. The maximum atomic E-state index is 12.4. The first-order chi connectivity index (χ1) is 12.0. The van der Waals surface area contributed by atoms with Crippen LogP contribution in [0.15, 0.2) is 48.5 Å². The number of esters is 1. The molecule has 1 aliphatic heterocycles. The van der Waals surface area contributed by atoms with Gasteiger partial charge in [0.1, 0.15) is 0 Å². The highest BCUT2D eigenvalue weighted by Gasteiger charge is 2.36. The van der Waals surface area contributed by atoms with Crippen LogP contribution < -0.4 is 5.73 Å². The van der Waals surface area contributed by atoms with Gasteiger partial charge in [0.15, 0.2) is 0 Å². The summed E-state index contributed by atoms with van der Waals surface area (Å²) in [6, 6.07) is 16.4. The van der Waals surface area contributed by atoms with Crippen molar-refractivity contribution in [3.8, 4) is 0 Å². The van der Waals surface area contributed by atoms with Gasteiger partial charge in [-0.05, 0) is 37.5 Å². The van der Waals surface area contributed by atoms with Gasteiger partial charge in [-0.25, -0.2) is 4.79 Å². The number of nitrogens with zero attached hydrogens (tertiary/aromatic N) is 1. The maximum Gasteiger partial charge on any atom is 0.340 e. The number of carbonyl (C=O) groups is 1. The molecule has 4 rings (SSSR count). The van der Waals surface area contributed by atoms with Gasteiger partial charge in [-0.3, -0.25) is 0 Å². The van der Waals surface area contributed by atoms with E-state index >= 15 is 0 Å². The van der Waals surface area contributed by atoms with E-state index in [1.54, 1.807) is 0 Å². The van der Waals surface area contributed by atoms with Crippen molar-refractivity contribution >= 4 is 16.9 Å². The Morgan fingerprint density at radius 1 is 1.20 bits per heavy atom. The Balaban J connectivity index is 1.91. The van der Waals surface area contributed by atoms with Gasteiger partial charge < -0.3 is 15.0 Å². The van der Waals surface area contributed by atoms with Crippen LogP contribution in [0.4, 0.5) is 0 Å². The predicted molar refractivity (Wildman–Crippen MR) is 98.6 cm³/mol. The number of carbonyl (C=O) groups excluding carboxylic acids is 1. The van der Waals surface area contributed by atoms with Crippen LogP contribution >= 0.6 is 0 Å². The predicted octanol–water partition coefficient (Wildman–Crippen LogP) is 3.54. The second-order valence-corrected chi connectivity index (χ2v) is 6.94. The van der Waals surface area contributed by atoms with Crippen LogP contribution in [0.1, 0.15) is 33.6 Å². The topological polar surface area (TPSA) is 57.2 Å². The largest absolute Gasteiger partial charge is 0.465 e. The lowest BCUT2D eigenvalue weighted by molar-refractivity contribution is 0.0600. The van der Waals surface area contributed by atoms with Crippen LogP contribution in [0.25, 0.3) is 10.9 Å². The Labute approximate surface area is 147 Å². The molecule has 0 amide bonds. The van der Waals surface area contributed by atoms with Crippen LogP contribution in [0, 0.1) is 6.92 Å². The molecule has 1 atom stereocenters. The number of hydrogen-bond donors (Lipinski definition) is 1. The van der Waals surface area contributed by atoms with E-state index in [1.165, 1.54) is 7.11 Å². The van der Waals surface area contributed by atoms with Crippen molar-refractivity contribution in [1.29, 1.82) is 0 Å². The second kappa shape index (κ2) is 5.74. The van der Waals surface area contributed by atoms with Gasteiger partial charge in [-0.2, -0.15) is 0 Å². The van der Waals surface area contributed by atoms with Crippen LogP contribution in [0.3, 0.4) is 0 Å². The standard InChI is InChI=1S/C21H22N2O2/c1-14-8-9-17-16(12-14)19(20(24)25-2)18-10-11-21(22,13-23(17)18)15-6-4-3-5-7-15/h3-9,12H,10-11,13,22H2,1-2H3. The zero-order chi connectivity index (χ0) is 17.6. The summed E-state index contributed by atoms with van der Waals surface area (Å²) in [6.45, 7) is 2.69. The summed E-state index contributed by atoms with van der Waals surface area (Å²) in [4.78, 5) is 12.4. The van der Waals surface area contributed by atoms with Gasteiger partial charge in [-0.1, -0.05) is 42.0 Å². The number of fused-ring (bicyclic) bond motifs is 3. The Kier molecular flexibility index (Phi) is 3.65. The van der Waals surface area contributed by atoms with E-state index < -0.39 is 5.54 Å². The number of nitrogens with two attached hydrogens (primary N) is 1. The van der Waals surface area contributed by atoms with Gasteiger partial charge in [0, 0.05) is 23.1 Å². The third kappa shape index (κ3) is 2.45. The monoisotopic (exact) mass is 334 g/mol. The molecule has 25 heavy (non-hydrogen) atoms. The minimum absolute atomic E-state index is 0.270. The lowest BCUT2D eigenvalue weighted by atomic mass is 9.83.